The average Bonchev–Trinajstić information content (AvgIpc) is 2.55. The molecule has 0 saturated carbocycles. The predicted octanol–water partition coefficient (Wildman–Crippen LogP) is 1.45. The van der Waals surface area contributed by atoms with Crippen LogP contribution in [0.4, 0.5) is 11.8 Å². The summed E-state index contributed by atoms with van der Waals surface area (Å²) in [5.41, 5.74) is 12.3. The zero-order valence-corrected chi connectivity index (χ0v) is 9.45. The molecule has 2 rings (SSSR count). The molecule has 2 heterocycles. The molecule has 5 nitrogen and oxygen atoms in total. The summed E-state index contributed by atoms with van der Waals surface area (Å²) in [6, 6.07) is 2.11. The standard InChI is InChI=1S/C8H7N5S2/c1-14-7-3(2-9)4-5(15-7)6(10)13-8(11)12-4/h1H3,(H4,10,11,12,13). The van der Waals surface area contributed by atoms with Crippen LogP contribution in [0.15, 0.2) is 4.21 Å². The quantitative estimate of drug-likeness (QED) is 0.728. The van der Waals surface area contributed by atoms with Crippen molar-refractivity contribution in [2.45, 2.75) is 4.21 Å². The van der Waals surface area contributed by atoms with Crippen LogP contribution in [0.2, 0.25) is 0 Å². The van der Waals surface area contributed by atoms with Crippen molar-refractivity contribution in [3.8, 4) is 6.07 Å². The monoisotopic (exact) mass is 237 g/mol. The zero-order chi connectivity index (χ0) is 11.0. The summed E-state index contributed by atoms with van der Waals surface area (Å²) in [6.45, 7) is 0. The molecule has 4 N–H and O–H groups in total. The molecule has 15 heavy (non-hydrogen) atoms. The van der Waals surface area contributed by atoms with Crippen LogP contribution in [-0.2, 0) is 0 Å². The highest BCUT2D eigenvalue weighted by molar-refractivity contribution is 8.00. The SMILES string of the molecule is CSc1sc2c(N)nc(N)nc2c1C#N. The van der Waals surface area contributed by atoms with E-state index in [4.69, 9.17) is 16.7 Å². The van der Waals surface area contributed by atoms with Crippen molar-refractivity contribution in [2.24, 2.45) is 0 Å². The number of nitrogens with zero attached hydrogens (tertiary/aromatic N) is 3. The smallest absolute Gasteiger partial charge is 0.222 e. The van der Waals surface area contributed by atoms with Gasteiger partial charge in [-0.3, -0.25) is 0 Å². The van der Waals surface area contributed by atoms with Gasteiger partial charge in [0, 0.05) is 0 Å². The fraction of sp³-hybridized carbons (Fsp3) is 0.125. The van der Waals surface area contributed by atoms with Crippen LogP contribution in [0.1, 0.15) is 5.56 Å². The Hall–Kier alpha value is -1.52. The first-order valence-electron chi connectivity index (χ1n) is 3.97. The highest BCUT2D eigenvalue weighted by Crippen LogP contribution is 2.37. The molecule has 2 aromatic rings. The Kier molecular flexibility index (Phi) is 2.38. The Morgan fingerprint density at radius 3 is 2.73 bits per heavy atom. The van der Waals surface area contributed by atoms with E-state index >= 15 is 0 Å². The molecule has 0 aliphatic heterocycles. The van der Waals surface area contributed by atoms with Gasteiger partial charge in [0.25, 0.3) is 0 Å². The van der Waals surface area contributed by atoms with Gasteiger partial charge >= 0.3 is 0 Å². The summed E-state index contributed by atoms with van der Waals surface area (Å²) in [6.07, 6.45) is 1.90. The number of thioether (sulfide) groups is 1. The van der Waals surface area contributed by atoms with Gasteiger partial charge < -0.3 is 11.5 Å². The van der Waals surface area contributed by atoms with E-state index in [0.29, 0.717) is 16.9 Å². The molecule has 0 unspecified atom stereocenters. The lowest BCUT2D eigenvalue weighted by molar-refractivity contribution is 1.25. The van der Waals surface area contributed by atoms with Crippen molar-refractivity contribution in [1.82, 2.24) is 9.97 Å². The first-order valence-corrected chi connectivity index (χ1v) is 6.01. The molecule has 76 valence electrons. The van der Waals surface area contributed by atoms with Gasteiger partial charge in [0.2, 0.25) is 5.95 Å². The van der Waals surface area contributed by atoms with Gasteiger partial charge in [-0.25, -0.2) is 4.98 Å². The Balaban J connectivity index is 2.90. The summed E-state index contributed by atoms with van der Waals surface area (Å²) in [5.74, 6) is 0.432. The van der Waals surface area contributed by atoms with Crippen molar-refractivity contribution in [3.05, 3.63) is 5.56 Å². The molecule has 0 aliphatic rings. The molecule has 0 saturated heterocycles. The van der Waals surface area contributed by atoms with E-state index in [-0.39, 0.29) is 5.95 Å². The normalized spacial score (nSPS) is 10.4. The van der Waals surface area contributed by atoms with Gasteiger partial charge in [-0.15, -0.1) is 23.1 Å². The molecule has 0 aromatic carbocycles. The largest absolute Gasteiger partial charge is 0.382 e. The maximum atomic E-state index is 9.02. The molecule has 0 aliphatic carbocycles. The fourth-order valence-electron chi connectivity index (χ4n) is 1.24. The van der Waals surface area contributed by atoms with E-state index in [2.05, 4.69) is 16.0 Å². The van der Waals surface area contributed by atoms with Crippen molar-refractivity contribution in [3.63, 3.8) is 0 Å². The molecule has 0 spiro atoms. The number of rotatable bonds is 1. The number of anilines is 2. The maximum Gasteiger partial charge on any atom is 0.222 e. The van der Waals surface area contributed by atoms with Gasteiger partial charge in [0.1, 0.15) is 23.0 Å². The third-order valence-corrected chi connectivity index (χ3v) is 4.16. The van der Waals surface area contributed by atoms with Crippen LogP contribution in [-0.4, -0.2) is 16.2 Å². The minimum Gasteiger partial charge on any atom is -0.382 e. The van der Waals surface area contributed by atoms with E-state index in [1.165, 1.54) is 23.1 Å². The fourth-order valence-corrected chi connectivity index (χ4v) is 2.99. The predicted molar refractivity (Wildman–Crippen MR) is 62.7 cm³/mol. The topological polar surface area (TPSA) is 102 Å². The number of hydrogen-bond donors (Lipinski definition) is 2. The van der Waals surface area contributed by atoms with Crippen LogP contribution < -0.4 is 11.5 Å². The molecule has 7 heteroatoms. The van der Waals surface area contributed by atoms with Crippen LogP contribution in [0.25, 0.3) is 10.2 Å². The summed E-state index contributed by atoms with van der Waals surface area (Å²) in [7, 11) is 0. The zero-order valence-electron chi connectivity index (χ0n) is 7.81. The number of nitrogens with two attached hydrogens (primary N) is 2. The lowest BCUT2D eigenvalue weighted by Crippen LogP contribution is -1.99. The molecule has 0 bridgehead atoms. The summed E-state index contributed by atoms with van der Waals surface area (Å²) in [5, 5.41) is 9.02. The van der Waals surface area contributed by atoms with E-state index in [1.54, 1.807) is 0 Å². The minimum atomic E-state index is 0.0990. The molecule has 0 fully saturated rings. The summed E-state index contributed by atoms with van der Waals surface area (Å²) >= 11 is 2.91. The van der Waals surface area contributed by atoms with Crippen LogP contribution in [0, 0.1) is 11.3 Å². The highest BCUT2D eigenvalue weighted by atomic mass is 32.2. The second-order valence-corrected chi connectivity index (χ2v) is 4.82. The first kappa shape index (κ1) is 10.0. The molecule has 2 aromatic heterocycles. The number of aromatic nitrogens is 2. The van der Waals surface area contributed by atoms with Crippen molar-refractivity contribution in [1.29, 1.82) is 5.26 Å². The second kappa shape index (κ2) is 3.56. The Morgan fingerprint density at radius 1 is 1.40 bits per heavy atom. The number of hydrogen-bond acceptors (Lipinski definition) is 7. The summed E-state index contributed by atoms with van der Waals surface area (Å²) in [4.78, 5) is 7.90. The molecule has 0 atom stereocenters. The first-order chi connectivity index (χ1) is 7.17. The number of nitriles is 1. The lowest BCUT2D eigenvalue weighted by Gasteiger charge is -1.95. The van der Waals surface area contributed by atoms with Crippen molar-refractivity contribution >= 4 is 45.1 Å². The van der Waals surface area contributed by atoms with Crippen molar-refractivity contribution in [2.75, 3.05) is 17.7 Å². The Labute approximate surface area is 94.1 Å². The lowest BCUT2D eigenvalue weighted by atomic mass is 10.3. The highest BCUT2D eigenvalue weighted by Gasteiger charge is 2.15. The molecular weight excluding hydrogens is 230 g/mol. The van der Waals surface area contributed by atoms with E-state index in [1.807, 2.05) is 6.26 Å². The Morgan fingerprint density at radius 2 is 2.13 bits per heavy atom. The second-order valence-electron chi connectivity index (χ2n) is 2.73. The van der Waals surface area contributed by atoms with E-state index < -0.39 is 0 Å². The molecule has 0 amide bonds. The van der Waals surface area contributed by atoms with Crippen LogP contribution in [0.5, 0.6) is 0 Å². The number of nitrogen functional groups attached to an aromatic ring is 2. The third-order valence-electron chi connectivity index (χ3n) is 1.84. The number of thiophene rings is 1. The molecule has 0 radical (unpaired) electrons. The van der Waals surface area contributed by atoms with Gasteiger partial charge in [0.05, 0.1) is 8.91 Å². The van der Waals surface area contributed by atoms with Gasteiger partial charge in [-0.2, -0.15) is 10.2 Å². The summed E-state index contributed by atoms with van der Waals surface area (Å²) < 4.78 is 1.62. The minimum absolute atomic E-state index is 0.0990. The molecular formula is C8H7N5S2. The van der Waals surface area contributed by atoms with Gasteiger partial charge in [-0.05, 0) is 6.26 Å². The Bertz CT molecular complexity index is 568. The van der Waals surface area contributed by atoms with E-state index in [9.17, 15) is 0 Å². The van der Waals surface area contributed by atoms with E-state index in [0.717, 1.165) is 8.91 Å². The van der Waals surface area contributed by atoms with Crippen molar-refractivity contribution < 1.29 is 0 Å². The third kappa shape index (κ3) is 1.48. The average molecular weight is 237 g/mol. The maximum absolute atomic E-state index is 9.02. The van der Waals surface area contributed by atoms with Crippen LogP contribution in [0.3, 0.4) is 0 Å². The van der Waals surface area contributed by atoms with Gasteiger partial charge in [-0.1, -0.05) is 0 Å². The van der Waals surface area contributed by atoms with Gasteiger partial charge in [0.15, 0.2) is 0 Å². The number of fused-ring (bicyclic) bond motifs is 1. The van der Waals surface area contributed by atoms with Crippen LogP contribution >= 0.6 is 23.1 Å².